The van der Waals surface area contributed by atoms with E-state index in [4.69, 9.17) is 5.73 Å². The van der Waals surface area contributed by atoms with Crippen molar-refractivity contribution in [1.29, 1.82) is 0 Å². The minimum Gasteiger partial charge on any atom is -0.396 e. The summed E-state index contributed by atoms with van der Waals surface area (Å²) in [7, 11) is 0. The molecule has 0 bridgehead atoms. The number of nitrogens with two attached hydrogens (primary N) is 1. The summed E-state index contributed by atoms with van der Waals surface area (Å²) in [5.74, 6) is 0.0279. The van der Waals surface area contributed by atoms with Crippen molar-refractivity contribution in [3.8, 4) is 0 Å². The second-order valence-corrected chi connectivity index (χ2v) is 4.03. The lowest BCUT2D eigenvalue weighted by Gasteiger charge is -2.29. The van der Waals surface area contributed by atoms with Crippen LogP contribution in [0.4, 0.5) is 0 Å². The monoisotopic (exact) mass is 216 g/mol. The average Bonchev–Trinajstić information content (AvgIpc) is 2.29. The molecule has 0 heterocycles. The third-order valence-corrected chi connectivity index (χ3v) is 3.10. The molecule has 0 aliphatic carbocycles. The molecule has 1 amide bonds. The Morgan fingerprint density at radius 2 is 2.00 bits per heavy atom. The van der Waals surface area contributed by atoms with Crippen molar-refractivity contribution in [3.63, 3.8) is 0 Å². The van der Waals surface area contributed by atoms with Crippen molar-refractivity contribution >= 4 is 5.91 Å². The van der Waals surface area contributed by atoms with Crippen molar-refractivity contribution in [2.24, 2.45) is 11.1 Å². The Bertz CT molecular complexity index is 171. The predicted octanol–water partition coefficient (Wildman–Crippen LogP) is 0.640. The fraction of sp³-hybridized carbons (Fsp3) is 0.909. The average molecular weight is 216 g/mol. The maximum atomic E-state index is 11.3. The van der Waals surface area contributed by atoms with Crippen LogP contribution in [0.5, 0.6) is 0 Å². The molecule has 0 unspecified atom stereocenters. The standard InChI is InChI=1S/C11H24N2O2/c1-3-11(4-2,9-14)8-13-10(15)6-5-7-12/h14H,3-9,12H2,1-2H3,(H,13,15). The minimum atomic E-state index is -0.154. The number of nitrogens with one attached hydrogen (secondary N) is 1. The molecule has 4 heteroatoms. The lowest BCUT2D eigenvalue weighted by molar-refractivity contribution is -0.121. The summed E-state index contributed by atoms with van der Waals surface area (Å²) in [6.07, 6.45) is 2.94. The molecular weight excluding hydrogens is 192 g/mol. The van der Waals surface area contributed by atoms with Crippen molar-refractivity contribution in [2.45, 2.75) is 39.5 Å². The van der Waals surface area contributed by atoms with E-state index < -0.39 is 0 Å². The lowest BCUT2D eigenvalue weighted by Crippen LogP contribution is -2.39. The second-order valence-electron chi connectivity index (χ2n) is 4.03. The number of carbonyl (C=O) groups is 1. The Hall–Kier alpha value is -0.610. The second kappa shape index (κ2) is 7.65. The molecule has 0 aliphatic heterocycles. The van der Waals surface area contributed by atoms with Gasteiger partial charge in [-0.05, 0) is 25.8 Å². The SMILES string of the molecule is CCC(CC)(CO)CNC(=O)CCCN. The Balaban J connectivity index is 3.93. The van der Waals surface area contributed by atoms with Crippen LogP contribution in [-0.2, 0) is 4.79 Å². The normalized spacial score (nSPS) is 11.5. The highest BCUT2D eigenvalue weighted by Crippen LogP contribution is 2.24. The van der Waals surface area contributed by atoms with Crippen LogP contribution in [-0.4, -0.2) is 30.7 Å². The maximum Gasteiger partial charge on any atom is 0.220 e. The molecule has 0 saturated heterocycles. The molecule has 0 atom stereocenters. The van der Waals surface area contributed by atoms with Crippen LogP contribution in [0.15, 0.2) is 0 Å². The van der Waals surface area contributed by atoms with E-state index >= 15 is 0 Å². The van der Waals surface area contributed by atoms with Crippen LogP contribution < -0.4 is 11.1 Å². The van der Waals surface area contributed by atoms with Crippen LogP contribution in [0.2, 0.25) is 0 Å². The maximum absolute atomic E-state index is 11.3. The van der Waals surface area contributed by atoms with E-state index in [0.29, 0.717) is 19.5 Å². The van der Waals surface area contributed by atoms with Gasteiger partial charge in [0.05, 0.1) is 6.61 Å². The molecule has 90 valence electrons. The van der Waals surface area contributed by atoms with Crippen LogP contribution in [0.1, 0.15) is 39.5 Å². The van der Waals surface area contributed by atoms with Gasteiger partial charge in [-0.25, -0.2) is 0 Å². The summed E-state index contributed by atoms with van der Waals surface area (Å²) in [5.41, 5.74) is 5.16. The van der Waals surface area contributed by atoms with E-state index in [2.05, 4.69) is 5.32 Å². The van der Waals surface area contributed by atoms with Crippen LogP contribution >= 0.6 is 0 Å². The van der Waals surface area contributed by atoms with Gasteiger partial charge in [-0.15, -0.1) is 0 Å². The van der Waals surface area contributed by atoms with Gasteiger partial charge in [0.1, 0.15) is 0 Å². The third-order valence-electron chi connectivity index (χ3n) is 3.10. The minimum absolute atomic E-state index is 0.0279. The summed E-state index contributed by atoms with van der Waals surface area (Å²) < 4.78 is 0. The predicted molar refractivity (Wildman–Crippen MR) is 61.4 cm³/mol. The molecule has 15 heavy (non-hydrogen) atoms. The molecule has 0 spiro atoms. The van der Waals surface area contributed by atoms with E-state index in [-0.39, 0.29) is 17.9 Å². The van der Waals surface area contributed by atoms with E-state index in [0.717, 1.165) is 19.3 Å². The van der Waals surface area contributed by atoms with Crippen LogP contribution in [0.3, 0.4) is 0 Å². The first-order chi connectivity index (χ1) is 7.14. The van der Waals surface area contributed by atoms with Gasteiger partial charge in [0.25, 0.3) is 0 Å². The smallest absolute Gasteiger partial charge is 0.220 e. The van der Waals surface area contributed by atoms with Crippen LogP contribution in [0.25, 0.3) is 0 Å². The van der Waals surface area contributed by atoms with Gasteiger partial charge in [0.2, 0.25) is 5.91 Å². The Kier molecular flexibility index (Phi) is 7.34. The number of carbonyl (C=O) groups excluding carboxylic acids is 1. The summed E-state index contributed by atoms with van der Waals surface area (Å²) in [6, 6.07) is 0. The highest BCUT2D eigenvalue weighted by molar-refractivity contribution is 5.75. The molecule has 0 saturated carbocycles. The topological polar surface area (TPSA) is 75.3 Å². The van der Waals surface area contributed by atoms with E-state index in [1.807, 2.05) is 13.8 Å². The lowest BCUT2D eigenvalue weighted by atomic mass is 9.83. The summed E-state index contributed by atoms with van der Waals surface area (Å²) >= 11 is 0. The summed E-state index contributed by atoms with van der Waals surface area (Å²) in [4.78, 5) is 11.3. The van der Waals surface area contributed by atoms with Gasteiger partial charge in [0.15, 0.2) is 0 Å². The van der Waals surface area contributed by atoms with E-state index in [1.54, 1.807) is 0 Å². The zero-order chi connectivity index (χ0) is 11.7. The molecular formula is C11H24N2O2. The molecule has 0 rings (SSSR count). The number of rotatable bonds is 8. The van der Waals surface area contributed by atoms with Gasteiger partial charge in [-0.2, -0.15) is 0 Å². The number of amides is 1. The van der Waals surface area contributed by atoms with Gasteiger partial charge in [-0.3, -0.25) is 4.79 Å². The van der Waals surface area contributed by atoms with Crippen molar-refractivity contribution in [2.75, 3.05) is 19.7 Å². The third kappa shape index (κ3) is 5.14. The molecule has 0 aliphatic rings. The summed E-state index contributed by atoms with van der Waals surface area (Å²) in [5, 5.41) is 12.2. The fourth-order valence-electron chi connectivity index (χ4n) is 1.42. The van der Waals surface area contributed by atoms with Gasteiger partial charge in [-0.1, -0.05) is 13.8 Å². The fourth-order valence-corrected chi connectivity index (χ4v) is 1.42. The van der Waals surface area contributed by atoms with Gasteiger partial charge in [0, 0.05) is 18.4 Å². The largest absolute Gasteiger partial charge is 0.396 e. The van der Waals surface area contributed by atoms with E-state index in [9.17, 15) is 9.90 Å². The van der Waals surface area contributed by atoms with Crippen LogP contribution in [0, 0.1) is 5.41 Å². The molecule has 4 N–H and O–H groups in total. The molecule has 0 aromatic rings. The Morgan fingerprint density at radius 3 is 2.40 bits per heavy atom. The first-order valence-electron chi connectivity index (χ1n) is 5.71. The molecule has 0 radical (unpaired) electrons. The highest BCUT2D eigenvalue weighted by Gasteiger charge is 2.25. The molecule has 4 nitrogen and oxygen atoms in total. The van der Waals surface area contributed by atoms with Gasteiger partial charge < -0.3 is 16.2 Å². The summed E-state index contributed by atoms with van der Waals surface area (Å²) in [6.45, 7) is 5.29. The van der Waals surface area contributed by atoms with Crippen molar-refractivity contribution in [1.82, 2.24) is 5.32 Å². The zero-order valence-corrected chi connectivity index (χ0v) is 9.88. The molecule has 0 fully saturated rings. The first-order valence-corrected chi connectivity index (χ1v) is 5.71. The number of aliphatic hydroxyl groups is 1. The Labute approximate surface area is 92.2 Å². The quantitative estimate of drug-likeness (QED) is 0.557. The van der Waals surface area contributed by atoms with Crippen molar-refractivity contribution < 1.29 is 9.90 Å². The number of aliphatic hydroxyl groups excluding tert-OH is 1. The molecule has 0 aromatic heterocycles. The van der Waals surface area contributed by atoms with E-state index in [1.165, 1.54) is 0 Å². The zero-order valence-electron chi connectivity index (χ0n) is 9.88. The molecule has 0 aromatic carbocycles. The highest BCUT2D eigenvalue weighted by atomic mass is 16.3. The Morgan fingerprint density at radius 1 is 1.40 bits per heavy atom. The van der Waals surface area contributed by atoms with Gasteiger partial charge >= 0.3 is 0 Å². The number of hydrogen-bond donors (Lipinski definition) is 3. The van der Waals surface area contributed by atoms with Crippen molar-refractivity contribution in [3.05, 3.63) is 0 Å². The number of hydrogen-bond acceptors (Lipinski definition) is 3. The first kappa shape index (κ1) is 14.4.